The predicted octanol–water partition coefficient (Wildman–Crippen LogP) is 2.08. The number of carbonyl (C=O) groups is 2. The van der Waals surface area contributed by atoms with Crippen molar-refractivity contribution in [2.24, 2.45) is 0 Å². The number of aromatic carboxylic acids is 1. The fourth-order valence-corrected chi connectivity index (χ4v) is 1.88. The van der Waals surface area contributed by atoms with E-state index in [0.29, 0.717) is 29.7 Å². The summed E-state index contributed by atoms with van der Waals surface area (Å²) >= 11 is 0. The van der Waals surface area contributed by atoms with Crippen LogP contribution in [-0.2, 0) is 6.54 Å². The van der Waals surface area contributed by atoms with Crippen molar-refractivity contribution in [2.75, 3.05) is 0 Å². The Morgan fingerprint density at radius 3 is 2.72 bits per heavy atom. The van der Waals surface area contributed by atoms with Crippen LogP contribution in [0.25, 0.3) is 11.1 Å². The lowest BCUT2D eigenvalue weighted by atomic mass is 10.0. The molecule has 0 aliphatic rings. The van der Waals surface area contributed by atoms with Crippen molar-refractivity contribution < 1.29 is 14.7 Å². The minimum atomic E-state index is -1.02. The summed E-state index contributed by atoms with van der Waals surface area (Å²) in [4.78, 5) is 22.3. The number of nitrogens with zero attached hydrogens (tertiary/aromatic N) is 2. The first-order valence-electron chi connectivity index (χ1n) is 5.52. The maximum atomic E-state index is 11.2. The maximum absolute atomic E-state index is 11.2. The van der Waals surface area contributed by atoms with Gasteiger partial charge in [-0.3, -0.25) is 9.48 Å². The normalized spacial score (nSPS) is 10.3. The monoisotopic (exact) mass is 244 g/mol. The molecule has 0 amide bonds. The van der Waals surface area contributed by atoms with E-state index < -0.39 is 5.97 Å². The SMILES string of the molecule is CCn1ncc(-c2ccccc2C(=O)O)c1C=O. The lowest BCUT2D eigenvalue weighted by Crippen LogP contribution is -2.03. The van der Waals surface area contributed by atoms with E-state index in [0.717, 1.165) is 0 Å². The average molecular weight is 244 g/mol. The van der Waals surface area contributed by atoms with Gasteiger partial charge < -0.3 is 5.11 Å². The third-order valence-corrected chi connectivity index (χ3v) is 2.74. The number of aldehydes is 1. The van der Waals surface area contributed by atoms with Crippen molar-refractivity contribution >= 4 is 12.3 Å². The van der Waals surface area contributed by atoms with Crippen LogP contribution in [0.2, 0.25) is 0 Å². The van der Waals surface area contributed by atoms with Crippen LogP contribution in [0.15, 0.2) is 30.5 Å². The molecule has 1 N–H and O–H groups in total. The third-order valence-electron chi connectivity index (χ3n) is 2.74. The number of carboxylic acids is 1. The molecule has 0 fully saturated rings. The summed E-state index contributed by atoms with van der Waals surface area (Å²) in [5.74, 6) is -1.02. The zero-order valence-electron chi connectivity index (χ0n) is 9.83. The second-order valence-corrected chi connectivity index (χ2v) is 3.73. The van der Waals surface area contributed by atoms with Crippen LogP contribution in [0, 0.1) is 0 Å². The third kappa shape index (κ3) is 1.90. The molecule has 0 unspecified atom stereocenters. The number of benzene rings is 1. The number of hydrogen-bond donors (Lipinski definition) is 1. The molecule has 2 aromatic rings. The van der Waals surface area contributed by atoms with Gasteiger partial charge in [0.1, 0.15) is 5.69 Å². The minimum absolute atomic E-state index is 0.163. The van der Waals surface area contributed by atoms with E-state index >= 15 is 0 Å². The Morgan fingerprint density at radius 1 is 1.39 bits per heavy atom. The quantitative estimate of drug-likeness (QED) is 0.836. The molecule has 0 aliphatic heterocycles. The molecule has 1 aromatic heterocycles. The van der Waals surface area contributed by atoms with E-state index in [-0.39, 0.29) is 5.56 Å². The van der Waals surface area contributed by atoms with Gasteiger partial charge in [-0.25, -0.2) is 4.79 Å². The summed E-state index contributed by atoms with van der Waals surface area (Å²) in [6, 6.07) is 6.57. The number of aromatic nitrogens is 2. The van der Waals surface area contributed by atoms with Gasteiger partial charge in [-0.15, -0.1) is 0 Å². The van der Waals surface area contributed by atoms with Crippen LogP contribution < -0.4 is 0 Å². The lowest BCUT2D eigenvalue weighted by Gasteiger charge is -2.05. The van der Waals surface area contributed by atoms with Crippen LogP contribution in [0.5, 0.6) is 0 Å². The molecule has 18 heavy (non-hydrogen) atoms. The molecule has 5 heteroatoms. The van der Waals surface area contributed by atoms with Gasteiger partial charge in [-0.1, -0.05) is 18.2 Å². The molecule has 1 heterocycles. The predicted molar refractivity (Wildman–Crippen MR) is 65.7 cm³/mol. The molecule has 5 nitrogen and oxygen atoms in total. The minimum Gasteiger partial charge on any atom is -0.478 e. The Kier molecular flexibility index (Phi) is 3.23. The first-order valence-corrected chi connectivity index (χ1v) is 5.52. The number of carboxylic acid groups (broad SMARTS) is 1. The number of rotatable bonds is 4. The summed E-state index contributed by atoms with van der Waals surface area (Å²) < 4.78 is 1.54. The molecule has 0 radical (unpaired) electrons. The van der Waals surface area contributed by atoms with E-state index in [4.69, 9.17) is 5.11 Å². The number of aryl methyl sites for hydroxylation is 1. The van der Waals surface area contributed by atoms with Crippen LogP contribution in [0.3, 0.4) is 0 Å². The van der Waals surface area contributed by atoms with Crippen molar-refractivity contribution in [3.63, 3.8) is 0 Å². The first-order chi connectivity index (χ1) is 8.69. The van der Waals surface area contributed by atoms with Gasteiger partial charge in [-0.05, 0) is 13.0 Å². The molecular weight excluding hydrogens is 232 g/mol. The summed E-state index contributed by atoms with van der Waals surface area (Å²) in [7, 11) is 0. The van der Waals surface area contributed by atoms with Crippen LogP contribution in [0.1, 0.15) is 27.8 Å². The second-order valence-electron chi connectivity index (χ2n) is 3.73. The van der Waals surface area contributed by atoms with E-state index in [1.807, 2.05) is 6.92 Å². The molecule has 0 saturated heterocycles. The van der Waals surface area contributed by atoms with Crippen molar-refractivity contribution in [1.29, 1.82) is 0 Å². The molecule has 0 saturated carbocycles. The highest BCUT2D eigenvalue weighted by atomic mass is 16.4. The highest BCUT2D eigenvalue weighted by molar-refractivity contribution is 5.98. The molecule has 0 spiro atoms. The zero-order valence-corrected chi connectivity index (χ0v) is 9.83. The smallest absolute Gasteiger partial charge is 0.336 e. The van der Waals surface area contributed by atoms with Crippen molar-refractivity contribution in [2.45, 2.75) is 13.5 Å². The van der Waals surface area contributed by atoms with Gasteiger partial charge in [0, 0.05) is 17.7 Å². The van der Waals surface area contributed by atoms with Gasteiger partial charge in [0.2, 0.25) is 0 Å². The second kappa shape index (κ2) is 4.83. The fraction of sp³-hybridized carbons (Fsp3) is 0.154. The van der Waals surface area contributed by atoms with Gasteiger partial charge in [0.25, 0.3) is 0 Å². The zero-order chi connectivity index (χ0) is 13.1. The summed E-state index contributed by atoms with van der Waals surface area (Å²) in [6.45, 7) is 2.43. The molecular formula is C13H12N2O3. The number of hydrogen-bond acceptors (Lipinski definition) is 3. The highest BCUT2D eigenvalue weighted by Gasteiger charge is 2.16. The Morgan fingerprint density at radius 2 is 2.11 bits per heavy atom. The lowest BCUT2D eigenvalue weighted by molar-refractivity contribution is 0.0697. The van der Waals surface area contributed by atoms with Gasteiger partial charge in [-0.2, -0.15) is 5.10 Å². The van der Waals surface area contributed by atoms with Crippen molar-refractivity contribution in [1.82, 2.24) is 9.78 Å². The standard InChI is InChI=1S/C13H12N2O3/c1-2-15-12(8-16)11(7-14-15)9-5-3-4-6-10(9)13(17)18/h3-8H,2H2,1H3,(H,17,18). The van der Waals surface area contributed by atoms with Gasteiger partial charge in [0.05, 0.1) is 11.8 Å². The van der Waals surface area contributed by atoms with Crippen LogP contribution in [0.4, 0.5) is 0 Å². The largest absolute Gasteiger partial charge is 0.478 e. The van der Waals surface area contributed by atoms with E-state index in [1.54, 1.807) is 22.9 Å². The van der Waals surface area contributed by atoms with Crippen LogP contribution >= 0.6 is 0 Å². The summed E-state index contributed by atoms with van der Waals surface area (Å²) in [5, 5.41) is 13.2. The Balaban J connectivity index is 2.66. The Hall–Kier alpha value is -2.43. The van der Waals surface area contributed by atoms with Gasteiger partial charge in [0.15, 0.2) is 6.29 Å². The molecule has 0 atom stereocenters. The summed E-state index contributed by atoms with van der Waals surface area (Å²) in [5.41, 5.74) is 1.61. The van der Waals surface area contributed by atoms with E-state index in [9.17, 15) is 9.59 Å². The molecule has 1 aromatic carbocycles. The van der Waals surface area contributed by atoms with Crippen molar-refractivity contribution in [3.8, 4) is 11.1 Å². The molecule has 0 bridgehead atoms. The fourth-order valence-electron chi connectivity index (χ4n) is 1.88. The van der Waals surface area contributed by atoms with E-state index in [1.165, 1.54) is 12.3 Å². The first kappa shape index (κ1) is 12.0. The van der Waals surface area contributed by atoms with Crippen LogP contribution in [-0.4, -0.2) is 27.1 Å². The topological polar surface area (TPSA) is 72.2 Å². The average Bonchev–Trinajstić information content (AvgIpc) is 2.81. The maximum Gasteiger partial charge on any atom is 0.336 e. The Bertz CT molecular complexity index is 602. The highest BCUT2D eigenvalue weighted by Crippen LogP contribution is 2.26. The van der Waals surface area contributed by atoms with Crippen molar-refractivity contribution in [3.05, 3.63) is 41.7 Å². The molecule has 0 aliphatic carbocycles. The molecule has 2 rings (SSSR count). The summed E-state index contributed by atoms with van der Waals surface area (Å²) in [6.07, 6.45) is 2.22. The van der Waals surface area contributed by atoms with Gasteiger partial charge >= 0.3 is 5.97 Å². The molecule has 92 valence electrons. The Labute approximate surface area is 104 Å². The number of carbonyl (C=O) groups excluding carboxylic acids is 1. The van der Waals surface area contributed by atoms with E-state index in [2.05, 4.69) is 5.10 Å².